The molecule has 0 spiro atoms. The number of hydrogen-bond donors (Lipinski definition) is 0. The van der Waals surface area contributed by atoms with Crippen molar-refractivity contribution >= 4 is 0 Å². The van der Waals surface area contributed by atoms with E-state index < -0.39 is 0 Å². The van der Waals surface area contributed by atoms with Crippen LogP contribution >= 0.6 is 0 Å². The molecule has 2 fully saturated rings. The molecule has 0 N–H and O–H groups in total. The fourth-order valence-corrected chi connectivity index (χ4v) is 3.81. The van der Waals surface area contributed by atoms with E-state index in [1.54, 1.807) is 7.11 Å². The van der Waals surface area contributed by atoms with Crippen LogP contribution in [-0.2, 0) is 11.2 Å². The minimum absolute atomic E-state index is 0.245. The molecule has 132 valence electrons. The highest BCUT2D eigenvalue weighted by atomic mass is 16.6. The molecular formula is C19H22N2O4. The predicted octanol–water partition coefficient (Wildman–Crippen LogP) is 3.08. The molecule has 1 aromatic carbocycles. The number of ether oxygens (including phenoxy) is 3. The average molecular weight is 342 g/mol. The van der Waals surface area contributed by atoms with Gasteiger partial charge in [-0.25, -0.2) is 0 Å². The Morgan fingerprint density at radius 2 is 2.00 bits per heavy atom. The molecule has 0 bridgehead atoms. The second kappa shape index (κ2) is 5.73. The van der Waals surface area contributed by atoms with Crippen molar-refractivity contribution in [3.63, 3.8) is 0 Å². The number of nitrogens with zero attached hydrogens (tertiary/aromatic N) is 2. The zero-order valence-corrected chi connectivity index (χ0v) is 14.4. The first kappa shape index (κ1) is 15.2. The molecule has 1 aliphatic heterocycles. The molecular weight excluding hydrogens is 320 g/mol. The molecule has 0 radical (unpaired) electrons. The lowest BCUT2D eigenvalue weighted by molar-refractivity contribution is 0.139. The number of fused-ring (bicyclic) bond motifs is 1. The Bertz CT molecular complexity index is 783. The maximum atomic E-state index is 5.68. The van der Waals surface area contributed by atoms with Crippen molar-refractivity contribution in [1.29, 1.82) is 0 Å². The lowest BCUT2D eigenvalue weighted by Gasteiger charge is -2.18. The summed E-state index contributed by atoms with van der Waals surface area (Å²) in [7, 11) is 1.75. The molecule has 2 saturated carbocycles. The summed E-state index contributed by atoms with van der Waals surface area (Å²) in [6, 6.07) is 6.21. The quantitative estimate of drug-likeness (QED) is 0.804. The van der Waals surface area contributed by atoms with Gasteiger partial charge >= 0.3 is 0 Å². The number of aromatic nitrogens is 2. The monoisotopic (exact) mass is 342 g/mol. The Hall–Kier alpha value is -2.08. The predicted molar refractivity (Wildman–Crippen MR) is 89.1 cm³/mol. The highest BCUT2D eigenvalue weighted by Gasteiger charge is 2.46. The van der Waals surface area contributed by atoms with Crippen LogP contribution in [0.3, 0.4) is 0 Å². The summed E-state index contributed by atoms with van der Waals surface area (Å²) in [5.74, 6) is 4.01. The number of hydrogen-bond acceptors (Lipinski definition) is 6. The largest absolute Gasteiger partial charge is 0.486 e. The summed E-state index contributed by atoms with van der Waals surface area (Å²) in [6.07, 6.45) is 4.28. The number of methoxy groups -OCH3 is 1. The van der Waals surface area contributed by atoms with Crippen molar-refractivity contribution in [3.05, 3.63) is 35.5 Å². The van der Waals surface area contributed by atoms with E-state index in [1.807, 2.05) is 6.07 Å². The van der Waals surface area contributed by atoms with E-state index in [0.29, 0.717) is 25.0 Å². The first-order valence-corrected chi connectivity index (χ1v) is 8.97. The lowest BCUT2D eigenvalue weighted by Crippen LogP contribution is -2.15. The standard InChI is InChI=1S/C19H22N2O4/c1-22-11-19(4-5-19)10-17-20-18(25-21-17)14-9-13(14)12-2-3-15-16(8-12)24-7-6-23-15/h2-3,8,13-14H,4-7,9-11H2,1H3. The Balaban J connectivity index is 1.27. The maximum absolute atomic E-state index is 5.68. The molecule has 0 amide bonds. The van der Waals surface area contributed by atoms with Gasteiger partial charge in [-0.15, -0.1) is 0 Å². The van der Waals surface area contributed by atoms with E-state index in [-0.39, 0.29) is 5.41 Å². The first-order valence-electron chi connectivity index (χ1n) is 8.97. The second-order valence-electron chi connectivity index (χ2n) is 7.51. The summed E-state index contributed by atoms with van der Waals surface area (Å²) in [4.78, 5) is 4.65. The Morgan fingerprint density at radius 3 is 2.80 bits per heavy atom. The average Bonchev–Trinajstić information content (AvgIpc) is 3.54. The minimum Gasteiger partial charge on any atom is -0.486 e. The third-order valence-corrected chi connectivity index (χ3v) is 5.53. The summed E-state index contributed by atoms with van der Waals surface area (Å²) < 4.78 is 22.1. The zero-order chi connectivity index (χ0) is 16.9. The van der Waals surface area contributed by atoms with E-state index >= 15 is 0 Å². The van der Waals surface area contributed by atoms with Crippen molar-refractivity contribution in [2.45, 2.75) is 37.5 Å². The van der Waals surface area contributed by atoms with Gasteiger partial charge in [0, 0.05) is 24.9 Å². The summed E-state index contributed by atoms with van der Waals surface area (Å²) >= 11 is 0. The van der Waals surface area contributed by atoms with Crippen LogP contribution in [0.15, 0.2) is 22.7 Å². The molecule has 6 nitrogen and oxygen atoms in total. The second-order valence-corrected chi connectivity index (χ2v) is 7.51. The molecule has 0 saturated heterocycles. The Kier molecular flexibility index (Phi) is 3.48. The van der Waals surface area contributed by atoms with Crippen LogP contribution < -0.4 is 9.47 Å². The smallest absolute Gasteiger partial charge is 0.230 e. The van der Waals surface area contributed by atoms with Gasteiger partial charge in [-0.3, -0.25) is 0 Å². The van der Waals surface area contributed by atoms with Crippen molar-refractivity contribution in [3.8, 4) is 11.5 Å². The molecule has 3 aliphatic rings. The van der Waals surface area contributed by atoms with E-state index in [9.17, 15) is 0 Å². The fourth-order valence-electron chi connectivity index (χ4n) is 3.81. The third kappa shape index (κ3) is 2.88. The number of rotatable bonds is 6. The molecule has 6 heteroatoms. The van der Waals surface area contributed by atoms with Gasteiger partial charge in [0.1, 0.15) is 13.2 Å². The van der Waals surface area contributed by atoms with E-state index in [1.165, 1.54) is 18.4 Å². The van der Waals surface area contributed by atoms with Gasteiger partial charge in [-0.05, 0) is 42.9 Å². The van der Waals surface area contributed by atoms with Crippen LogP contribution in [0.1, 0.15) is 48.4 Å². The van der Waals surface area contributed by atoms with Crippen molar-refractivity contribution in [2.75, 3.05) is 26.9 Å². The van der Waals surface area contributed by atoms with Crippen LogP contribution in [0, 0.1) is 5.41 Å². The van der Waals surface area contributed by atoms with Crippen LogP contribution in [-0.4, -0.2) is 37.1 Å². The van der Waals surface area contributed by atoms with Gasteiger partial charge in [0.15, 0.2) is 17.3 Å². The van der Waals surface area contributed by atoms with Crippen molar-refractivity contribution in [2.24, 2.45) is 5.41 Å². The van der Waals surface area contributed by atoms with Crippen molar-refractivity contribution in [1.82, 2.24) is 10.1 Å². The van der Waals surface area contributed by atoms with Gasteiger partial charge in [0.05, 0.1) is 6.61 Å². The van der Waals surface area contributed by atoms with Crippen LogP contribution in [0.2, 0.25) is 0 Å². The molecule has 2 unspecified atom stereocenters. The molecule has 1 aromatic heterocycles. The van der Waals surface area contributed by atoms with Crippen LogP contribution in [0.5, 0.6) is 11.5 Å². The molecule has 25 heavy (non-hydrogen) atoms. The van der Waals surface area contributed by atoms with Gasteiger partial charge in [-0.1, -0.05) is 11.2 Å². The SMILES string of the molecule is COCC1(Cc2noc(C3CC3c3ccc4c(c3)OCCO4)n2)CC1. The Labute approximate surface area is 146 Å². The molecule has 5 rings (SSSR count). The molecule has 2 aromatic rings. The molecule has 2 aliphatic carbocycles. The number of benzene rings is 1. The summed E-state index contributed by atoms with van der Waals surface area (Å²) in [5.41, 5.74) is 1.50. The Morgan fingerprint density at radius 1 is 1.16 bits per heavy atom. The van der Waals surface area contributed by atoms with Gasteiger partial charge in [0.25, 0.3) is 0 Å². The lowest BCUT2D eigenvalue weighted by atomic mass is 10.0. The zero-order valence-electron chi connectivity index (χ0n) is 14.4. The van der Waals surface area contributed by atoms with Gasteiger partial charge in [-0.2, -0.15) is 4.98 Å². The fraction of sp³-hybridized carbons (Fsp3) is 0.579. The van der Waals surface area contributed by atoms with E-state index in [0.717, 1.165) is 42.7 Å². The minimum atomic E-state index is 0.245. The van der Waals surface area contributed by atoms with Gasteiger partial charge in [0.2, 0.25) is 5.89 Å². The summed E-state index contributed by atoms with van der Waals surface area (Å²) in [6.45, 7) is 2.01. The van der Waals surface area contributed by atoms with Gasteiger partial charge < -0.3 is 18.7 Å². The molecule has 2 heterocycles. The van der Waals surface area contributed by atoms with Crippen LogP contribution in [0.4, 0.5) is 0 Å². The first-order chi connectivity index (χ1) is 12.3. The maximum Gasteiger partial charge on any atom is 0.230 e. The highest BCUT2D eigenvalue weighted by Crippen LogP contribution is 2.55. The third-order valence-electron chi connectivity index (χ3n) is 5.53. The normalized spacial score (nSPS) is 25.6. The van der Waals surface area contributed by atoms with Crippen molar-refractivity contribution < 1.29 is 18.7 Å². The van der Waals surface area contributed by atoms with E-state index in [4.69, 9.17) is 18.7 Å². The summed E-state index contributed by atoms with van der Waals surface area (Å²) in [5, 5.41) is 4.20. The highest BCUT2D eigenvalue weighted by molar-refractivity contribution is 5.46. The topological polar surface area (TPSA) is 66.6 Å². The van der Waals surface area contributed by atoms with E-state index in [2.05, 4.69) is 22.3 Å². The molecule has 2 atom stereocenters. The van der Waals surface area contributed by atoms with Crippen LogP contribution in [0.25, 0.3) is 0 Å².